The molecule has 1 aliphatic heterocycles. The predicted octanol–water partition coefficient (Wildman–Crippen LogP) is 0.103. The molecule has 0 spiro atoms. The monoisotopic (exact) mass is 143 g/mol. The smallest absolute Gasteiger partial charge is 0.178 e. The van der Waals surface area contributed by atoms with Gasteiger partial charge in [0.2, 0.25) is 0 Å². The lowest BCUT2D eigenvalue weighted by Crippen LogP contribution is -2.34. The molecule has 1 saturated heterocycles. The molecular weight excluding hydrogens is 134 g/mol. The summed E-state index contributed by atoms with van der Waals surface area (Å²) in [5.41, 5.74) is 0. The van der Waals surface area contributed by atoms with Crippen LogP contribution in [0.2, 0.25) is 0 Å². The van der Waals surface area contributed by atoms with E-state index in [1.807, 2.05) is 6.07 Å². The van der Waals surface area contributed by atoms with Gasteiger partial charge < -0.3 is 14.2 Å². The fourth-order valence-electron chi connectivity index (χ4n) is 0.815. The molecule has 0 amide bonds. The molecule has 0 aromatic rings. The van der Waals surface area contributed by atoms with E-state index in [1.54, 1.807) is 0 Å². The number of hydrogen-bond donors (Lipinski definition) is 0. The molecule has 1 fully saturated rings. The Kier molecular flexibility index (Phi) is 2.63. The minimum atomic E-state index is -0.418. The average molecular weight is 143 g/mol. The molecule has 0 radical (unpaired) electrons. The highest BCUT2D eigenvalue weighted by atomic mass is 16.8. The zero-order chi connectivity index (χ0) is 7.40. The summed E-state index contributed by atoms with van der Waals surface area (Å²) in [6.45, 7) is 0.617. The molecule has 2 atom stereocenters. The molecule has 1 aliphatic rings. The maximum atomic E-state index is 8.50. The SMILES string of the molecule is COC1OCOCC1C#N. The molecule has 0 aliphatic carbocycles. The van der Waals surface area contributed by atoms with Crippen molar-refractivity contribution in [1.29, 1.82) is 5.26 Å². The van der Waals surface area contributed by atoms with Gasteiger partial charge in [-0.15, -0.1) is 0 Å². The fourth-order valence-corrected chi connectivity index (χ4v) is 0.815. The highest BCUT2D eigenvalue weighted by Gasteiger charge is 2.25. The Morgan fingerprint density at radius 3 is 3.00 bits per heavy atom. The van der Waals surface area contributed by atoms with Gasteiger partial charge in [-0.2, -0.15) is 5.26 Å². The van der Waals surface area contributed by atoms with Crippen LogP contribution < -0.4 is 0 Å². The summed E-state index contributed by atoms with van der Waals surface area (Å²) in [5, 5.41) is 8.50. The third kappa shape index (κ3) is 1.45. The quantitative estimate of drug-likeness (QED) is 0.522. The number of nitriles is 1. The lowest BCUT2D eigenvalue weighted by atomic mass is 10.2. The standard InChI is InChI=1S/C6H9NO3/c1-8-6-5(2-7)3-9-4-10-6/h5-6H,3-4H2,1H3. The molecule has 0 aromatic heterocycles. The summed E-state index contributed by atoms with van der Waals surface area (Å²) in [6.07, 6.45) is -0.418. The van der Waals surface area contributed by atoms with Crippen LogP contribution in [-0.2, 0) is 14.2 Å². The van der Waals surface area contributed by atoms with Gasteiger partial charge in [-0.3, -0.25) is 0 Å². The van der Waals surface area contributed by atoms with Crippen LogP contribution >= 0.6 is 0 Å². The van der Waals surface area contributed by atoms with E-state index in [4.69, 9.17) is 19.5 Å². The van der Waals surface area contributed by atoms with E-state index < -0.39 is 6.29 Å². The van der Waals surface area contributed by atoms with Crippen molar-refractivity contribution in [2.75, 3.05) is 20.5 Å². The van der Waals surface area contributed by atoms with Crippen LogP contribution in [0, 0.1) is 17.2 Å². The van der Waals surface area contributed by atoms with Crippen molar-refractivity contribution in [2.24, 2.45) is 5.92 Å². The van der Waals surface area contributed by atoms with Crippen molar-refractivity contribution < 1.29 is 14.2 Å². The van der Waals surface area contributed by atoms with E-state index in [9.17, 15) is 0 Å². The van der Waals surface area contributed by atoms with Crippen LogP contribution in [0.1, 0.15) is 0 Å². The van der Waals surface area contributed by atoms with Gasteiger partial charge in [-0.1, -0.05) is 0 Å². The lowest BCUT2D eigenvalue weighted by Gasteiger charge is -2.25. The molecule has 0 N–H and O–H groups in total. The molecule has 0 aromatic carbocycles. The highest BCUT2D eigenvalue weighted by molar-refractivity contribution is 4.86. The van der Waals surface area contributed by atoms with Crippen molar-refractivity contribution in [3.63, 3.8) is 0 Å². The van der Waals surface area contributed by atoms with Gasteiger partial charge in [0, 0.05) is 7.11 Å². The second-order valence-electron chi connectivity index (χ2n) is 1.99. The van der Waals surface area contributed by atoms with Gasteiger partial charge in [0.1, 0.15) is 12.7 Å². The van der Waals surface area contributed by atoms with E-state index >= 15 is 0 Å². The number of ether oxygens (including phenoxy) is 3. The van der Waals surface area contributed by atoms with Gasteiger partial charge in [-0.05, 0) is 0 Å². The molecule has 56 valence electrons. The molecule has 0 bridgehead atoms. The minimum Gasteiger partial charge on any atom is -0.354 e. The minimum absolute atomic E-state index is 0.219. The summed E-state index contributed by atoms with van der Waals surface area (Å²) in [4.78, 5) is 0. The first-order valence-electron chi connectivity index (χ1n) is 3.00. The summed E-state index contributed by atoms with van der Waals surface area (Å²) in [6, 6.07) is 2.03. The topological polar surface area (TPSA) is 51.5 Å². The average Bonchev–Trinajstić information content (AvgIpc) is 2.04. The first-order valence-corrected chi connectivity index (χ1v) is 3.00. The number of methoxy groups -OCH3 is 1. The van der Waals surface area contributed by atoms with E-state index in [0.717, 1.165) is 0 Å². The number of nitrogens with zero attached hydrogens (tertiary/aromatic N) is 1. The summed E-state index contributed by atoms with van der Waals surface area (Å²) < 4.78 is 14.7. The zero-order valence-corrected chi connectivity index (χ0v) is 5.74. The summed E-state index contributed by atoms with van der Waals surface area (Å²) in [5.74, 6) is -0.293. The molecule has 1 heterocycles. The first-order chi connectivity index (χ1) is 4.88. The third-order valence-corrected chi connectivity index (χ3v) is 1.34. The molecular formula is C6H9NO3. The zero-order valence-electron chi connectivity index (χ0n) is 5.74. The molecule has 4 heteroatoms. The fraction of sp³-hybridized carbons (Fsp3) is 0.833. The molecule has 1 rings (SSSR count). The van der Waals surface area contributed by atoms with E-state index in [0.29, 0.717) is 6.61 Å². The lowest BCUT2D eigenvalue weighted by molar-refractivity contribution is -0.244. The van der Waals surface area contributed by atoms with Crippen molar-refractivity contribution in [1.82, 2.24) is 0 Å². The normalized spacial score (nSPS) is 33.2. The molecule has 10 heavy (non-hydrogen) atoms. The predicted molar refractivity (Wildman–Crippen MR) is 31.8 cm³/mol. The van der Waals surface area contributed by atoms with Gasteiger partial charge in [0.25, 0.3) is 0 Å². The Labute approximate surface area is 59.3 Å². The molecule has 0 saturated carbocycles. The number of rotatable bonds is 1. The van der Waals surface area contributed by atoms with Crippen molar-refractivity contribution in [3.05, 3.63) is 0 Å². The van der Waals surface area contributed by atoms with Crippen LogP contribution in [0.3, 0.4) is 0 Å². The second-order valence-corrected chi connectivity index (χ2v) is 1.99. The maximum absolute atomic E-state index is 8.50. The first kappa shape index (κ1) is 7.48. The highest BCUT2D eigenvalue weighted by Crippen LogP contribution is 2.13. The van der Waals surface area contributed by atoms with E-state index in [2.05, 4.69) is 0 Å². The van der Waals surface area contributed by atoms with Crippen LogP contribution in [0.15, 0.2) is 0 Å². The van der Waals surface area contributed by atoms with Crippen LogP contribution in [0.5, 0.6) is 0 Å². The van der Waals surface area contributed by atoms with Crippen molar-refractivity contribution in [2.45, 2.75) is 6.29 Å². The Bertz CT molecular complexity index is 142. The Balaban J connectivity index is 2.44. The van der Waals surface area contributed by atoms with Gasteiger partial charge >= 0.3 is 0 Å². The second kappa shape index (κ2) is 3.52. The van der Waals surface area contributed by atoms with Gasteiger partial charge in [0.15, 0.2) is 6.29 Å². The van der Waals surface area contributed by atoms with Crippen LogP contribution in [0.25, 0.3) is 0 Å². The van der Waals surface area contributed by atoms with E-state index in [-0.39, 0.29) is 12.7 Å². The third-order valence-electron chi connectivity index (χ3n) is 1.34. The van der Waals surface area contributed by atoms with Gasteiger partial charge in [0.05, 0.1) is 12.7 Å². The maximum Gasteiger partial charge on any atom is 0.178 e. The van der Waals surface area contributed by atoms with Crippen LogP contribution in [0.4, 0.5) is 0 Å². The number of hydrogen-bond acceptors (Lipinski definition) is 4. The van der Waals surface area contributed by atoms with E-state index in [1.165, 1.54) is 7.11 Å². The Morgan fingerprint density at radius 2 is 2.50 bits per heavy atom. The largest absolute Gasteiger partial charge is 0.354 e. The summed E-state index contributed by atoms with van der Waals surface area (Å²) in [7, 11) is 1.51. The van der Waals surface area contributed by atoms with Gasteiger partial charge in [-0.25, -0.2) is 0 Å². The molecule has 4 nitrogen and oxygen atoms in total. The molecule has 2 unspecified atom stereocenters. The van der Waals surface area contributed by atoms with Crippen molar-refractivity contribution >= 4 is 0 Å². The Morgan fingerprint density at radius 1 is 1.70 bits per heavy atom. The Hall–Kier alpha value is -0.630. The van der Waals surface area contributed by atoms with Crippen LogP contribution in [-0.4, -0.2) is 26.8 Å². The van der Waals surface area contributed by atoms with Crippen molar-refractivity contribution in [3.8, 4) is 6.07 Å². The summed E-state index contributed by atoms with van der Waals surface area (Å²) >= 11 is 0.